The molecule has 72 valence electrons. The van der Waals surface area contributed by atoms with Crippen LogP contribution >= 0.6 is 0 Å². The Hall–Kier alpha value is -0.870. The highest BCUT2D eigenvalue weighted by Crippen LogP contribution is 2.16. The summed E-state index contributed by atoms with van der Waals surface area (Å²) in [4.78, 5) is 4.15. The lowest BCUT2D eigenvalue weighted by atomic mass is 10.2. The van der Waals surface area contributed by atoms with Crippen molar-refractivity contribution in [3.05, 3.63) is 18.2 Å². The number of hydrogen-bond acceptors (Lipinski definition) is 3. The van der Waals surface area contributed by atoms with Crippen LogP contribution in [0.5, 0.6) is 0 Å². The summed E-state index contributed by atoms with van der Waals surface area (Å²) in [5.74, 6) is 0. The lowest BCUT2D eigenvalue weighted by Crippen LogP contribution is -2.48. The van der Waals surface area contributed by atoms with Crippen molar-refractivity contribution in [1.82, 2.24) is 19.6 Å². The van der Waals surface area contributed by atoms with E-state index in [0.29, 0.717) is 6.04 Å². The first-order chi connectivity index (χ1) is 6.18. The molecule has 0 N–H and O–H groups in total. The third-order valence-corrected chi connectivity index (χ3v) is 2.61. The number of nitrogens with zero attached hydrogens (tertiary/aromatic N) is 4. The summed E-state index contributed by atoms with van der Waals surface area (Å²) in [6.45, 7) is 4.24. The van der Waals surface area contributed by atoms with E-state index in [1.54, 1.807) is 0 Å². The van der Waals surface area contributed by atoms with Crippen LogP contribution in [0.25, 0.3) is 0 Å². The second-order valence-electron chi connectivity index (χ2n) is 3.83. The monoisotopic (exact) mass is 180 g/mol. The van der Waals surface area contributed by atoms with Gasteiger partial charge in [0.1, 0.15) is 0 Å². The van der Waals surface area contributed by atoms with Crippen LogP contribution in [-0.2, 0) is 13.1 Å². The molecule has 2 rings (SSSR count). The first-order valence-corrected chi connectivity index (χ1v) is 4.61. The van der Waals surface area contributed by atoms with Crippen molar-refractivity contribution in [3.8, 4) is 0 Å². The van der Waals surface area contributed by atoms with Crippen LogP contribution in [0.15, 0.2) is 12.5 Å². The Morgan fingerprint density at radius 2 is 2.31 bits per heavy atom. The molecule has 0 aliphatic carbocycles. The van der Waals surface area contributed by atoms with Gasteiger partial charge < -0.3 is 4.57 Å². The summed E-state index contributed by atoms with van der Waals surface area (Å²) in [5, 5.41) is 4.50. The number of hydrogen-bond donors (Lipinski definition) is 0. The Morgan fingerprint density at radius 3 is 3.00 bits per heavy atom. The highest BCUT2D eigenvalue weighted by atomic mass is 15.6. The van der Waals surface area contributed by atoms with Crippen LogP contribution in [0.2, 0.25) is 0 Å². The summed E-state index contributed by atoms with van der Waals surface area (Å²) in [7, 11) is 4.17. The lowest BCUT2D eigenvalue weighted by Gasteiger charge is -2.38. The summed E-state index contributed by atoms with van der Waals surface area (Å²) in [6.07, 6.45) is 3.86. The maximum Gasteiger partial charge on any atom is 0.0949 e. The zero-order chi connectivity index (χ0) is 9.42. The SMILES string of the molecule is C[C@@H]1Cn2cncc2CN1N(C)C. The Kier molecular flexibility index (Phi) is 2.09. The first kappa shape index (κ1) is 8.72. The normalized spacial score (nSPS) is 23.5. The van der Waals surface area contributed by atoms with Crippen molar-refractivity contribution >= 4 is 0 Å². The van der Waals surface area contributed by atoms with E-state index in [1.807, 2.05) is 12.5 Å². The Labute approximate surface area is 78.7 Å². The minimum Gasteiger partial charge on any atom is -0.332 e. The highest BCUT2D eigenvalue weighted by Gasteiger charge is 2.23. The Morgan fingerprint density at radius 1 is 1.54 bits per heavy atom. The molecule has 0 bridgehead atoms. The molecule has 0 amide bonds. The second kappa shape index (κ2) is 3.12. The van der Waals surface area contributed by atoms with Gasteiger partial charge in [-0.05, 0) is 6.92 Å². The van der Waals surface area contributed by atoms with Gasteiger partial charge >= 0.3 is 0 Å². The fourth-order valence-electron chi connectivity index (χ4n) is 1.88. The van der Waals surface area contributed by atoms with Crippen molar-refractivity contribution in [2.45, 2.75) is 26.1 Å². The maximum atomic E-state index is 4.15. The van der Waals surface area contributed by atoms with Crippen molar-refractivity contribution in [1.29, 1.82) is 0 Å². The van der Waals surface area contributed by atoms with Crippen molar-refractivity contribution < 1.29 is 0 Å². The molecule has 0 saturated heterocycles. The second-order valence-corrected chi connectivity index (χ2v) is 3.83. The van der Waals surface area contributed by atoms with Gasteiger partial charge in [-0.3, -0.25) is 0 Å². The maximum absolute atomic E-state index is 4.15. The van der Waals surface area contributed by atoms with E-state index in [2.05, 4.69) is 40.6 Å². The fraction of sp³-hybridized carbons (Fsp3) is 0.667. The van der Waals surface area contributed by atoms with Crippen LogP contribution < -0.4 is 0 Å². The molecule has 0 aromatic carbocycles. The average Bonchev–Trinajstić information content (AvgIpc) is 2.48. The van der Waals surface area contributed by atoms with Gasteiger partial charge in [0.2, 0.25) is 0 Å². The molecule has 0 fully saturated rings. The number of rotatable bonds is 1. The molecular formula is C9H16N4. The predicted molar refractivity (Wildman–Crippen MR) is 50.9 cm³/mol. The minimum absolute atomic E-state index is 0.552. The van der Waals surface area contributed by atoms with E-state index in [9.17, 15) is 0 Å². The van der Waals surface area contributed by atoms with Crippen LogP contribution in [-0.4, -0.2) is 39.7 Å². The molecule has 2 heterocycles. The quantitative estimate of drug-likeness (QED) is 0.631. The summed E-state index contributed by atoms with van der Waals surface area (Å²) in [6, 6.07) is 0.552. The van der Waals surface area contributed by atoms with Crippen LogP contribution in [0, 0.1) is 0 Å². The predicted octanol–water partition coefficient (Wildman–Crippen LogP) is 0.564. The topological polar surface area (TPSA) is 24.3 Å². The van der Waals surface area contributed by atoms with E-state index in [1.165, 1.54) is 5.69 Å². The molecule has 0 saturated carbocycles. The first-order valence-electron chi connectivity index (χ1n) is 4.61. The van der Waals surface area contributed by atoms with Gasteiger partial charge in [-0.25, -0.2) is 15.0 Å². The molecule has 1 aromatic heterocycles. The summed E-state index contributed by atoms with van der Waals surface area (Å²) in [5.41, 5.74) is 1.30. The number of imidazole rings is 1. The summed E-state index contributed by atoms with van der Waals surface area (Å²) >= 11 is 0. The largest absolute Gasteiger partial charge is 0.332 e. The average molecular weight is 180 g/mol. The lowest BCUT2D eigenvalue weighted by molar-refractivity contribution is -0.0406. The van der Waals surface area contributed by atoms with E-state index in [4.69, 9.17) is 0 Å². The van der Waals surface area contributed by atoms with Gasteiger partial charge in [-0.15, -0.1) is 0 Å². The molecule has 1 atom stereocenters. The molecule has 1 aliphatic heterocycles. The third-order valence-electron chi connectivity index (χ3n) is 2.61. The Bertz CT molecular complexity index is 292. The highest BCUT2D eigenvalue weighted by molar-refractivity contribution is 5.01. The molecule has 4 nitrogen and oxygen atoms in total. The number of hydrazine groups is 1. The van der Waals surface area contributed by atoms with E-state index in [0.717, 1.165) is 13.1 Å². The zero-order valence-electron chi connectivity index (χ0n) is 8.44. The van der Waals surface area contributed by atoms with E-state index < -0.39 is 0 Å². The standard InChI is InChI=1S/C9H16N4/c1-8-5-12-7-10-4-9(12)6-13(8)11(2)3/h4,7-8H,5-6H2,1-3H3/t8-/m1/s1. The van der Waals surface area contributed by atoms with E-state index >= 15 is 0 Å². The van der Waals surface area contributed by atoms with Gasteiger partial charge in [-0.2, -0.15) is 0 Å². The molecule has 1 aromatic rings. The zero-order valence-corrected chi connectivity index (χ0v) is 8.44. The smallest absolute Gasteiger partial charge is 0.0949 e. The fourth-order valence-corrected chi connectivity index (χ4v) is 1.88. The Balaban J connectivity index is 2.22. The third kappa shape index (κ3) is 1.47. The summed E-state index contributed by atoms with van der Waals surface area (Å²) < 4.78 is 2.23. The van der Waals surface area contributed by atoms with Gasteiger partial charge in [-0.1, -0.05) is 0 Å². The van der Waals surface area contributed by atoms with E-state index in [-0.39, 0.29) is 0 Å². The van der Waals surface area contributed by atoms with Crippen LogP contribution in [0.3, 0.4) is 0 Å². The molecule has 0 unspecified atom stereocenters. The van der Waals surface area contributed by atoms with Crippen LogP contribution in [0.4, 0.5) is 0 Å². The van der Waals surface area contributed by atoms with Crippen molar-refractivity contribution in [3.63, 3.8) is 0 Å². The molecular weight excluding hydrogens is 164 g/mol. The van der Waals surface area contributed by atoms with Crippen LogP contribution in [0.1, 0.15) is 12.6 Å². The minimum atomic E-state index is 0.552. The number of fused-ring (bicyclic) bond motifs is 1. The van der Waals surface area contributed by atoms with Gasteiger partial charge in [0.05, 0.1) is 18.6 Å². The molecule has 4 heteroatoms. The van der Waals surface area contributed by atoms with Crippen molar-refractivity contribution in [2.24, 2.45) is 0 Å². The van der Waals surface area contributed by atoms with Gasteiger partial charge in [0, 0.05) is 32.9 Å². The van der Waals surface area contributed by atoms with Crippen molar-refractivity contribution in [2.75, 3.05) is 14.1 Å². The van der Waals surface area contributed by atoms with Gasteiger partial charge in [0.15, 0.2) is 0 Å². The molecule has 0 radical (unpaired) electrons. The molecule has 1 aliphatic rings. The molecule has 0 spiro atoms. The van der Waals surface area contributed by atoms with Gasteiger partial charge in [0.25, 0.3) is 0 Å². The molecule has 13 heavy (non-hydrogen) atoms. The number of aromatic nitrogens is 2.